The van der Waals surface area contributed by atoms with Gasteiger partial charge in [0.25, 0.3) is 0 Å². The van der Waals surface area contributed by atoms with Crippen molar-refractivity contribution in [2.45, 2.75) is 56.7 Å². The van der Waals surface area contributed by atoms with Crippen LogP contribution in [0.15, 0.2) is 50.7 Å². The molecule has 0 aliphatic carbocycles. The second kappa shape index (κ2) is 13.4. The number of hydrogen-bond acceptors (Lipinski definition) is 14. The van der Waals surface area contributed by atoms with E-state index in [0.29, 0.717) is 5.56 Å². The lowest BCUT2D eigenvalue weighted by Crippen LogP contribution is -2.61. The van der Waals surface area contributed by atoms with Crippen molar-refractivity contribution in [3.8, 4) is 12.1 Å². The van der Waals surface area contributed by atoms with E-state index in [1.807, 2.05) is 6.07 Å². The van der Waals surface area contributed by atoms with E-state index in [4.69, 9.17) is 29.4 Å². The number of carboxylic acid groups (broad SMARTS) is 1. The number of thioether (sulfide) groups is 1. The summed E-state index contributed by atoms with van der Waals surface area (Å²) in [5.74, 6) is -3.60. The lowest BCUT2D eigenvalue weighted by atomic mass is 9.84. The molecule has 0 aromatic heterocycles. The normalized spacial score (nSPS) is 25.6. The summed E-state index contributed by atoms with van der Waals surface area (Å²) in [6.07, 6.45) is -8.49. The number of carbonyl (C=O) groups is 4. The summed E-state index contributed by atoms with van der Waals surface area (Å²) >= 11 is 4.10. The maximum Gasteiger partial charge on any atom is 0.506 e. The Kier molecular flexibility index (Phi) is 10.2. The number of hydrogen-bond donors (Lipinski definition) is 3. The highest BCUT2D eigenvalue weighted by molar-refractivity contribution is 9.10. The zero-order chi connectivity index (χ0) is 30.4. The van der Waals surface area contributed by atoms with Gasteiger partial charge >= 0.3 is 24.1 Å². The molecule has 16 heteroatoms. The van der Waals surface area contributed by atoms with E-state index in [-0.39, 0.29) is 22.0 Å². The van der Waals surface area contributed by atoms with Crippen LogP contribution in [0.1, 0.15) is 32.3 Å². The van der Waals surface area contributed by atoms with Crippen LogP contribution < -0.4 is 11.1 Å². The van der Waals surface area contributed by atoms with Crippen LogP contribution in [0.4, 0.5) is 4.79 Å². The summed E-state index contributed by atoms with van der Waals surface area (Å²) < 4.78 is 27.2. The fourth-order valence-corrected chi connectivity index (χ4v) is 5.61. The predicted molar refractivity (Wildman–Crippen MR) is 142 cm³/mol. The molecule has 4 N–H and O–H groups in total. The molecular weight excluding hydrogens is 628 g/mol. The van der Waals surface area contributed by atoms with Gasteiger partial charge < -0.3 is 39.8 Å². The zero-order valence-electron chi connectivity index (χ0n) is 21.7. The smallest absolute Gasteiger partial charge is 0.455 e. The van der Waals surface area contributed by atoms with Crippen LogP contribution in [0.5, 0.6) is 0 Å². The van der Waals surface area contributed by atoms with E-state index in [1.165, 1.54) is 0 Å². The third-order valence-electron chi connectivity index (χ3n) is 5.61. The molecule has 2 heterocycles. The van der Waals surface area contributed by atoms with E-state index in [1.54, 1.807) is 24.3 Å². The van der Waals surface area contributed by atoms with Crippen LogP contribution in [-0.4, -0.2) is 59.2 Å². The molecule has 0 saturated carbocycles. The average molecular weight is 651 g/mol. The number of nitrogens with two attached hydrogens (primary N) is 1. The number of carbonyl (C=O) groups excluding carboxylic acids is 3. The molecule has 0 spiro atoms. The van der Waals surface area contributed by atoms with Gasteiger partial charge in [-0.05, 0) is 17.7 Å². The second-order valence-electron chi connectivity index (χ2n) is 8.50. The van der Waals surface area contributed by atoms with Crippen molar-refractivity contribution in [1.29, 1.82) is 10.5 Å². The number of allylic oxidation sites excluding steroid dienone is 2. The minimum absolute atomic E-state index is 0.0465. The third kappa shape index (κ3) is 7.49. The zero-order valence-corrected chi connectivity index (χ0v) is 24.1. The summed E-state index contributed by atoms with van der Waals surface area (Å²) in [5, 5.41) is 32.2. The topological polar surface area (TPSA) is 220 Å². The van der Waals surface area contributed by atoms with Crippen molar-refractivity contribution >= 4 is 51.8 Å². The van der Waals surface area contributed by atoms with Crippen molar-refractivity contribution in [2.75, 3.05) is 0 Å². The van der Waals surface area contributed by atoms with Crippen LogP contribution in [0.2, 0.25) is 0 Å². The Morgan fingerprint density at radius 1 is 0.927 bits per heavy atom. The third-order valence-corrected chi connectivity index (χ3v) is 7.31. The summed E-state index contributed by atoms with van der Waals surface area (Å²) in [5.41, 5.74) is 5.47. The van der Waals surface area contributed by atoms with Gasteiger partial charge in [-0.2, -0.15) is 10.5 Å². The van der Waals surface area contributed by atoms with Gasteiger partial charge in [0.1, 0.15) is 5.82 Å². The van der Waals surface area contributed by atoms with E-state index >= 15 is 0 Å². The second-order valence-corrected chi connectivity index (χ2v) is 10.5. The molecular formula is C25H23BrN4O10S. The Balaban J connectivity index is 2.14. The first-order chi connectivity index (χ1) is 19.4. The van der Waals surface area contributed by atoms with Gasteiger partial charge in [-0.3, -0.25) is 14.4 Å². The van der Waals surface area contributed by atoms with Crippen molar-refractivity contribution < 1.29 is 48.0 Å². The average Bonchev–Trinajstić information content (AvgIpc) is 2.87. The summed E-state index contributed by atoms with van der Waals surface area (Å²) in [4.78, 5) is 47.4. The maximum atomic E-state index is 12.1. The summed E-state index contributed by atoms with van der Waals surface area (Å²) in [7, 11) is 0. The highest BCUT2D eigenvalue weighted by Crippen LogP contribution is 2.43. The van der Waals surface area contributed by atoms with Crippen LogP contribution >= 0.6 is 27.7 Å². The molecule has 6 atom stereocenters. The molecule has 1 aromatic carbocycles. The van der Waals surface area contributed by atoms with Gasteiger partial charge in [0.15, 0.2) is 17.6 Å². The van der Waals surface area contributed by atoms with Gasteiger partial charge in [0, 0.05) is 25.2 Å². The number of dihydropyridines is 1. The number of rotatable bonds is 7. The molecule has 0 bridgehead atoms. The molecule has 1 saturated heterocycles. The Labute approximate surface area is 246 Å². The SMILES string of the molecule is CC(=O)O[C@H]1O[C@@H](SC2=C(C#N)C(c3ccc(Br)cc3)C(C#N)=C(N)N2)[C@H](OC(C)=O)[C@@H](OC(C)=O)[C@@H]1OC(=O)O. The predicted octanol–water partition coefficient (Wildman–Crippen LogP) is 2.47. The molecule has 2 aliphatic heterocycles. The number of nitrogens with one attached hydrogen (secondary N) is 1. The van der Waals surface area contributed by atoms with Crippen molar-refractivity contribution in [3.05, 3.63) is 56.3 Å². The Bertz CT molecular complexity index is 1380. The summed E-state index contributed by atoms with van der Waals surface area (Å²) in [6.45, 7) is 3.11. The number of benzene rings is 1. The highest BCUT2D eigenvalue weighted by Gasteiger charge is 2.54. The molecule has 2 aliphatic rings. The summed E-state index contributed by atoms with van der Waals surface area (Å²) in [6, 6.07) is 10.9. The minimum Gasteiger partial charge on any atom is -0.455 e. The lowest BCUT2D eigenvalue weighted by molar-refractivity contribution is -0.277. The van der Waals surface area contributed by atoms with Gasteiger partial charge in [-0.25, -0.2) is 4.79 Å². The molecule has 1 fully saturated rings. The van der Waals surface area contributed by atoms with Crippen LogP contribution in [0.3, 0.4) is 0 Å². The molecule has 0 amide bonds. The van der Waals surface area contributed by atoms with Crippen LogP contribution in [0, 0.1) is 22.7 Å². The van der Waals surface area contributed by atoms with Gasteiger partial charge in [0.05, 0.1) is 34.2 Å². The lowest BCUT2D eigenvalue weighted by Gasteiger charge is -2.43. The highest BCUT2D eigenvalue weighted by atomic mass is 79.9. The molecule has 3 rings (SSSR count). The number of halogens is 1. The van der Waals surface area contributed by atoms with Crippen molar-refractivity contribution in [3.63, 3.8) is 0 Å². The molecule has 41 heavy (non-hydrogen) atoms. The largest absolute Gasteiger partial charge is 0.506 e. The fourth-order valence-electron chi connectivity index (χ4n) is 4.14. The first-order valence-corrected chi connectivity index (χ1v) is 13.3. The molecule has 1 unspecified atom stereocenters. The number of esters is 3. The fraction of sp³-hybridized carbons (Fsp3) is 0.360. The molecule has 14 nitrogen and oxygen atoms in total. The van der Waals surface area contributed by atoms with E-state index in [0.717, 1.165) is 37.0 Å². The van der Waals surface area contributed by atoms with Crippen LogP contribution in [0.25, 0.3) is 0 Å². The van der Waals surface area contributed by atoms with Crippen molar-refractivity contribution in [1.82, 2.24) is 5.32 Å². The number of nitriles is 2. The first-order valence-electron chi connectivity index (χ1n) is 11.7. The Morgan fingerprint density at radius 2 is 1.49 bits per heavy atom. The number of ether oxygens (including phenoxy) is 5. The quantitative estimate of drug-likeness (QED) is 0.285. The Morgan fingerprint density at radius 3 is 2.00 bits per heavy atom. The monoisotopic (exact) mass is 650 g/mol. The standard InChI is InChI=1S/C25H23BrN4O10S/c1-10(31)36-18-19(39-25(34)35)23(38-12(3)33)40-24(20(18)37-11(2)32)41-22-16(9-28)17(15(8-27)21(29)30-22)13-4-6-14(26)7-5-13/h4-7,17-20,23-24,30H,29H2,1-3H3,(H,34,35)/t17?,18-,19-,20+,23-,24-/m0/s1. The molecule has 216 valence electrons. The van der Waals surface area contributed by atoms with Crippen molar-refractivity contribution in [2.24, 2.45) is 5.73 Å². The minimum atomic E-state index is -1.82. The molecule has 1 aromatic rings. The van der Waals surface area contributed by atoms with E-state index < -0.39 is 60.0 Å². The van der Waals surface area contributed by atoms with Gasteiger partial charge in [-0.1, -0.05) is 39.8 Å². The maximum absolute atomic E-state index is 12.1. The van der Waals surface area contributed by atoms with E-state index in [2.05, 4.69) is 27.3 Å². The van der Waals surface area contributed by atoms with Gasteiger partial charge in [0.2, 0.25) is 12.4 Å². The Hall–Kier alpha value is -4.25. The first kappa shape index (κ1) is 31.3. The molecule has 0 radical (unpaired) electrons. The van der Waals surface area contributed by atoms with Gasteiger partial charge in [-0.15, -0.1) is 0 Å². The number of nitrogens with zero attached hydrogens (tertiary/aromatic N) is 2. The van der Waals surface area contributed by atoms with E-state index in [9.17, 15) is 34.8 Å². The van der Waals surface area contributed by atoms with Crippen LogP contribution in [-0.2, 0) is 38.1 Å².